The molecule has 1 aliphatic rings. The Balaban J connectivity index is 2.99. The first-order valence-corrected chi connectivity index (χ1v) is 7.17. The van der Waals surface area contributed by atoms with Crippen molar-refractivity contribution in [1.29, 1.82) is 0 Å². The molecule has 0 bridgehead atoms. The highest BCUT2D eigenvalue weighted by molar-refractivity contribution is 7.55. The minimum Gasteiger partial charge on any atom is -0.372 e. The second kappa shape index (κ2) is 5.44. The van der Waals surface area contributed by atoms with Gasteiger partial charge < -0.3 is 14.2 Å². The highest BCUT2D eigenvalue weighted by Gasteiger charge is 2.62. The second-order valence-electron chi connectivity index (χ2n) is 3.98. The Bertz CT molecular complexity index is 321. The maximum atomic E-state index is 12.5. The molecule has 17 heavy (non-hydrogen) atoms. The van der Waals surface area contributed by atoms with E-state index in [-0.39, 0.29) is 19.1 Å². The molecule has 1 N–H and O–H groups in total. The maximum absolute atomic E-state index is 12.5. The number of rotatable bonds is 8. The van der Waals surface area contributed by atoms with Crippen LogP contribution in [-0.4, -0.2) is 35.1 Å². The number of aliphatic hydroxyl groups is 1. The first-order chi connectivity index (χ1) is 7.89. The van der Waals surface area contributed by atoms with Crippen LogP contribution in [-0.2, 0) is 13.6 Å². The zero-order valence-corrected chi connectivity index (χ0v) is 10.9. The Morgan fingerprint density at radius 2 is 1.88 bits per heavy atom. The minimum absolute atomic E-state index is 0.0734. The van der Waals surface area contributed by atoms with Gasteiger partial charge in [-0.2, -0.15) is 0 Å². The summed E-state index contributed by atoms with van der Waals surface area (Å²) in [5, 5.41) is 19.0. The van der Waals surface area contributed by atoms with Gasteiger partial charge in [-0.1, -0.05) is 0 Å². The zero-order chi connectivity index (χ0) is 13.1. The molecule has 0 saturated heterocycles. The molecule has 8 heteroatoms. The van der Waals surface area contributed by atoms with E-state index in [0.29, 0.717) is 12.8 Å². The van der Waals surface area contributed by atoms with Crippen molar-refractivity contribution in [1.82, 2.24) is 0 Å². The molecule has 1 unspecified atom stereocenters. The monoisotopic (exact) mass is 267 g/mol. The Morgan fingerprint density at radius 3 is 2.18 bits per heavy atom. The minimum atomic E-state index is -3.87. The standard InChI is InChI=1S/C9H18NO6P/c1-3-15-17(14,16-4-2)9(11,7-10(12)13)8-5-6-8/h8,11H,3-7H2,1-2H3. The molecule has 0 heterocycles. The van der Waals surface area contributed by atoms with E-state index in [2.05, 4.69) is 0 Å². The Hall–Kier alpha value is -0.490. The van der Waals surface area contributed by atoms with Crippen molar-refractivity contribution in [2.45, 2.75) is 32.0 Å². The van der Waals surface area contributed by atoms with E-state index < -0.39 is 24.4 Å². The van der Waals surface area contributed by atoms with Crippen molar-refractivity contribution >= 4 is 7.60 Å². The van der Waals surface area contributed by atoms with E-state index in [1.165, 1.54) is 0 Å². The van der Waals surface area contributed by atoms with Crippen molar-refractivity contribution in [3.63, 3.8) is 0 Å². The molecule has 0 aromatic carbocycles. The Labute approximate surface area is 99.8 Å². The van der Waals surface area contributed by atoms with Crippen LogP contribution < -0.4 is 0 Å². The fraction of sp³-hybridized carbons (Fsp3) is 1.00. The summed E-state index contributed by atoms with van der Waals surface area (Å²) in [7, 11) is -3.87. The molecule has 0 radical (unpaired) electrons. The second-order valence-corrected chi connectivity index (χ2v) is 6.26. The number of hydrogen-bond donors (Lipinski definition) is 1. The van der Waals surface area contributed by atoms with Crippen LogP contribution in [0.1, 0.15) is 26.7 Å². The van der Waals surface area contributed by atoms with Crippen LogP contribution in [0.3, 0.4) is 0 Å². The van der Waals surface area contributed by atoms with Gasteiger partial charge >= 0.3 is 7.60 Å². The number of nitrogens with zero attached hydrogens (tertiary/aromatic N) is 1. The van der Waals surface area contributed by atoms with Crippen LogP contribution in [0.25, 0.3) is 0 Å². The Morgan fingerprint density at radius 1 is 1.41 bits per heavy atom. The van der Waals surface area contributed by atoms with E-state index in [9.17, 15) is 19.8 Å². The molecule has 1 aliphatic carbocycles. The van der Waals surface area contributed by atoms with Crippen molar-refractivity contribution in [3.8, 4) is 0 Å². The Kier molecular flexibility index (Phi) is 4.66. The van der Waals surface area contributed by atoms with Gasteiger partial charge in [-0.05, 0) is 26.7 Å². The molecular weight excluding hydrogens is 249 g/mol. The predicted octanol–water partition coefficient (Wildman–Crippen LogP) is 1.63. The molecule has 100 valence electrons. The number of nitro groups is 1. The quantitative estimate of drug-likeness (QED) is 0.407. The summed E-state index contributed by atoms with van der Waals surface area (Å²) >= 11 is 0. The summed E-state index contributed by atoms with van der Waals surface area (Å²) in [5.41, 5.74) is 0. The smallest absolute Gasteiger partial charge is 0.369 e. The van der Waals surface area contributed by atoms with Gasteiger partial charge in [0.1, 0.15) is 0 Å². The van der Waals surface area contributed by atoms with E-state index in [4.69, 9.17) is 9.05 Å². The van der Waals surface area contributed by atoms with E-state index in [1.54, 1.807) is 13.8 Å². The molecule has 1 rings (SSSR count). The van der Waals surface area contributed by atoms with Crippen molar-refractivity contribution in [2.24, 2.45) is 5.92 Å². The lowest BCUT2D eigenvalue weighted by atomic mass is 10.2. The van der Waals surface area contributed by atoms with Gasteiger partial charge in [0.25, 0.3) is 0 Å². The molecule has 0 spiro atoms. The molecule has 0 aliphatic heterocycles. The third-order valence-corrected chi connectivity index (χ3v) is 5.32. The van der Waals surface area contributed by atoms with Crippen LogP contribution in [0.2, 0.25) is 0 Å². The van der Waals surface area contributed by atoms with Crippen molar-refractivity contribution < 1.29 is 23.6 Å². The van der Waals surface area contributed by atoms with Gasteiger partial charge in [-0.3, -0.25) is 14.7 Å². The lowest BCUT2D eigenvalue weighted by Crippen LogP contribution is -2.40. The summed E-state index contributed by atoms with van der Waals surface area (Å²) < 4.78 is 22.5. The predicted molar refractivity (Wildman–Crippen MR) is 60.4 cm³/mol. The summed E-state index contributed by atoms with van der Waals surface area (Å²) in [6.07, 6.45) is 1.21. The highest BCUT2D eigenvalue weighted by atomic mass is 31.2. The SMILES string of the molecule is CCOP(=O)(OCC)C(O)(C[N+](=O)[O-])C1CC1. The highest BCUT2D eigenvalue weighted by Crippen LogP contribution is 2.66. The fourth-order valence-electron chi connectivity index (χ4n) is 1.78. The zero-order valence-electron chi connectivity index (χ0n) is 10.00. The lowest BCUT2D eigenvalue weighted by Gasteiger charge is -2.31. The summed E-state index contributed by atoms with van der Waals surface area (Å²) in [5.74, 6) is -0.378. The normalized spacial score (nSPS) is 19.9. The molecule has 7 nitrogen and oxygen atoms in total. The first-order valence-electron chi connectivity index (χ1n) is 5.63. The fourth-order valence-corrected chi connectivity index (χ4v) is 3.97. The largest absolute Gasteiger partial charge is 0.372 e. The van der Waals surface area contributed by atoms with Crippen molar-refractivity contribution in [3.05, 3.63) is 10.1 Å². The molecule has 1 fully saturated rings. The third-order valence-electron chi connectivity index (χ3n) is 2.67. The summed E-state index contributed by atoms with van der Waals surface area (Å²) in [6.45, 7) is 2.54. The van der Waals surface area contributed by atoms with Gasteiger partial charge in [0.2, 0.25) is 11.9 Å². The van der Waals surface area contributed by atoms with Crippen molar-refractivity contribution in [2.75, 3.05) is 19.8 Å². The van der Waals surface area contributed by atoms with Crippen LogP contribution in [0.5, 0.6) is 0 Å². The molecule has 0 aromatic heterocycles. The molecule has 0 aromatic rings. The molecule has 1 saturated carbocycles. The third kappa shape index (κ3) is 3.04. The van der Waals surface area contributed by atoms with E-state index in [1.807, 2.05) is 0 Å². The van der Waals surface area contributed by atoms with Gasteiger partial charge in [-0.15, -0.1) is 0 Å². The molecule has 1 atom stereocenters. The molecular formula is C9H18NO6P. The van der Waals surface area contributed by atoms with E-state index in [0.717, 1.165) is 0 Å². The van der Waals surface area contributed by atoms with Gasteiger partial charge in [-0.25, -0.2) is 0 Å². The van der Waals surface area contributed by atoms with Crippen LogP contribution in [0.15, 0.2) is 0 Å². The molecule has 0 amide bonds. The van der Waals surface area contributed by atoms with Crippen LogP contribution in [0.4, 0.5) is 0 Å². The maximum Gasteiger partial charge on any atom is 0.369 e. The average Bonchev–Trinajstić information content (AvgIpc) is 3.00. The van der Waals surface area contributed by atoms with Crippen LogP contribution >= 0.6 is 7.60 Å². The van der Waals surface area contributed by atoms with Gasteiger partial charge in [0, 0.05) is 10.8 Å². The average molecular weight is 267 g/mol. The van der Waals surface area contributed by atoms with Gasteiger partial charge in [0.05, 0.1) is 13.2 Å². The van der Waals surface area contributed by atoms with E-state index >= 15 is 0 Å². The number of hydrogen-bond acceptors (Lipinski definition) is 6. The first kappa shape index (κ1) is 14.6. The lowest BCUT2D eigenvalue weighted by molar-refractivity contribution is -0.496. The topological polar surface area (TPSA) is 98.9 Å². The summed E-state index contributed by atoms with van der Waals surface area (Å²) in [4.78, 5) is 9.94. The summed E-state index contributed by atoms with van der Waals surface area (Å²) in [6, 6.07) is 0. The van der Waals surface area contributed by atoms with Crippen LogP contribution in [0, 0.1) is 16.0 Å². The van der Waals surface area contributed by atoms with Gasteiger partial charge in [0.15, 0.2) is 0 Å².